The van der Waals surface area contributed by atoms with Crippen LogP contribution in [0.25, 0.3) is 5.69 Å². The maximum absolute atomic E-state index is 13.1. The second kappa shape index (κ2) is 7.90. The van der Waals surface area contributed by atoms with E-state index in [1.54, 1.807) is 4.68 Å². The van der Waals surface area contributed by atoms with Gasteiger partial charge in [-0.2, -0.15) is 5.10 Å². The number of anilines is 1. The number of carbonyl (C=O) groups is 2. The molecular weight excluding hydrogens is 372 g/mol. The number of carbonyl (C=O) groups excluding carboxylic acids is 2. The first-order valence-corrected chi connectivity index (χ1v) is 10.1. The van der Waals surface area contributed by atoms with E-state index in [4.69, 9.17) is 5.73 Å². The summed E-state index contributed by atoms with van der Waals surface area (Å²) in [5, 5.41) is 7.64. The van der Waals surface area contributed by atoms with E-state index in [1.807, 2.05) is 60.7 Å². The molecule has 28 heavy (non-hydrogen) atoms. The van der Waals surface area contributed by atoms with Gasteiger partial charge in [-0.25, -0.2) is 4.68 Å². The molecule has 7 heteroatoms. The Kier molecular flexibility index (Phi) is 5.16. The fourth-order valence-electron chi connectivity index (χ4n) is 2.94. The summed E-state index contributed by atoms with van der Waals surface area (Å²) in [5.41, 5.74) is 8.17. The lowest BCUT2D eigenvalue weighted by Gasteiger charge is -2.11. The van der Waals surface area contributed by atoms with E-state index in [0.29, 0.717) is 17.3 Å². The molecule has 1 saturated carbocycles. The Hall–Kier alpha value is -3.06. The molecule has 3 N–H and O–H groups in total. The van der Waals surface area contributed by atoms with Crippen molar-refractivity contribution in [1.82, 2.24) is 9.78 Å². The molecule has 2 aromatic carbocycles. The zero-order chi connectivity index (χ0) is 19.5. The Labute approximate surface area is 167 Å². The minimum atomic E-state index is -0.401. The van der Waals surface area contributed by atoms with Crippen molar-refractivity contribution in [2.24, 2.45) is 5.73 Å². The maximum atomic E-state index is 13.1. The van der Waals surface area contributed by atoms with Gasteiger partial charge in [0.25, 0.3) is 5.91 Å². The van der Waals surface area contributed by atoms with Crippen molar-refractivity contribution in [3.63, 3.8) is 0 Å². The first kappa shape index (κ1) is 18.3. The van der Waals surface area contributed by atoms with E-state index in [9.17, 15) is 9.59 Å². The highest BCUT2D eigenvalue weighted by Crippen LogP contribution is 2.40. The van der Waals surface area contributed by atoms with E-state index in [2.05, 4.69) is 10.4 Å². The average Bonchev–Trinajstić information content (AvgIpc) is 3.46. The van der Waals surface area contributed by atoms with Gasteiger partial charge in [-0.1, -0.05) is 30.3 Å². The second-order valence-corrected chi connectivity index (χ2v) is 7.70. The van der Waals surface area contributed by atoms with Crippen LogP contribution in [0.1, 0.15) is 34.9 Å². The van der Waals surface area contributed by atoms with Crippen molar-refractivity contribution in [1.29, 1.82) is 0 Å². The lowest BCUT2D eigenvalue weighted by atomic mass is 10.2. The summed E-state index contributed by atoms with van der Waals surface area (Å²) in [4.78, 5) is 25.0. The summed E-state index contributed by atoms with van der Waals surface area (Å²) in [6.45, 7) is 0. The fraction of sp³-hybridized carbons (Fsp3) is 0.190. The molecule has 1 fully saturated rings. The van der Waals surface area contributed by atoms with Gasteiger partial charge in [0.05, 0.1) is 22.8 Å². The first-order valence-electron chi connectivity index (χ1n) is 9.08. The van der Waals surface area contributed by atoms with Crippen LogP contribution >= 0.6 is 11.8 Å². The van der Waals surface area contributed by atoms with Gasteiger partial charge in [-0.3, -0.25) is 9.59 Å². The van der Waals surface area contributed by atoms with Gasteiger partial charge in [0.15, 0.2) is 0 Å². The molecule has 3 aromatic rings. The Bertz CT molecular complexity index is 1010. The van der Waals surface area contributed by atoms with Crippen LogP contribution in [0.5, 0.6) is 0 Å². The number of nitrogens with two attached hydrogens (primary N) is 1. The number of amides is 2. The molecule has 2 amide bonds. The van der Waals surface area contributed by atoms with Crippen LogP contribution in [0.15, 0.2) is 65.6 Å². The smallest absolute Gasteiger partial charge is 0.274 e. The topological polar surface area (TPSA) is 90.0 Å². The molecule has 1 heterocycles. The van der Waals surface area contributed by atoms with Gasteiger partial charge in [0.1, 0.15) is 5.69 Å². The summed E-state index contributed by atoms with van der Waals surface area (Å²) in [6.07, 6.45) is 2.22. The van der Waals surface area contributed by atoms with E-state index in [-0.39, 0.29) is 11.7 Å². The molecule has 0 saturated heterocycles. The second-order valence-electron chi connectivity index (χ2n) is 6.68. The third kappa shape index (κ3) is 4.09. The molecule has 142 valence electrons. The highest BCUT2D eigenvalue weighted by atomic mass is 32.2. The SMILES string of the molecule is NC(=O)CSc1ccccc1NC(=O)c1cc(C2CC2)nn1-c1ccccc1. The minimum absolute atomic E-state index is 0.153. The predicted molar refractivity (Wildman–Crippen MR) is 110 cm³/mol. The highest BCUT2D eigenvalue weighted by molar-refractivity contribution is 8.00. The number of para-hydroxylation sites is 2. The number of hydrogen-bond acceptors (Lipinski definition) is 4. The zero-order valence-corrected chi connectivity index (χ0v) is 16.0. The van der Waals surface area contributed by atoms with Crippen molar-refractivity contribution >= 4 is 29.3 Å². The quantitative estimate of drug-likeness (QED) is 0.602. The Morgan fingerprint density at radius 2 is 1.82 bits per heavy atom. The summed E-state index contributed by atoms with van der Waals surface area (Å²) >= 11 is 1.30. The van der Waals surface area contributed by atoms with Crippen molar-refractivity contribution in [3.8, 4) is 5.69 Å². The molecule has 0 unspecified atom stereocenters. The zero-order valence-electron chi connectivity index (χ0n) is 15.2. The normalized spacial score (nSPS) is 13.3. The van der Waals surface area contributed by atoms with Crippen LogP contribution in [0.3, 0.4) is 0 Å². The van der Waals surface area contributed by atoms with E-state index in [0.717, 1.165) is 29.1 Å². The lowest BCUT2D eigenvalue weighted by Crippen LogP contribution is -2.18. The van der Waals surface area contributed by atoms with Gasteiger partial charge in [0.2, 0.25) is 5.91 Å². The number of thioether (sulfide) groups is 1. The third-order valence-corrected chi connectivity index (χ3v) is 5.56. The Morgan fingerprint density at radius 1 is 1.11 bits per heavy atom. The van der Waals surface area contributed by atoms with Crippen molar-refractivity contribution in [2.45, 2.75) is 23.7 Å². The number of nitrogens with zero attached hydrogens (tertiary/aromatic N) is 2. The number of hydrogen-bond donors (Lipinski definition) is 2. The fourth-order valence-corrected chi connectivity index (χ4v) is 3.68. The van der Waals surface area contributed by atoms with Crippen molar-refractivity contribution in [3.05, 3.63) is 72.1 Å². The summed E-state index contributed by atoms with van der Waals surface area (Å²) < 4.78 is 1.70. The average molecular weight is 392 g/mol. The maximum Gasteiger partial charge on any atom is 0.274 e. The van der Waals surface area contributed by atoms with Crippen LogP contribution in [0.4, 0.5) is 5.69 Å². The number of aromatic nitrogens is 2. The standard InChI is InChI=1S/C21H20N4O2S/c22-20(26)13-28-19-9-5-4-8-16(19)23-21(27)18-12-17(14-10-11-14)24-25(18)15-6-2-1-3-7-15/h1-9,12,14H,10-11,13H2,(H2,22,26)(H,23,27). The third-order valence-electron chi connectivity index (χ3n) is 4.46. The molecule has 1 aliphatic rings. The van der Waals surface area contributed by atoms with Gasteiger partial charge < -0.3 is 11.1 Å². The molecule has 0 radical (unpaired) electrons. The summed E-state index contributed by atoms with van der Waals surface area (Å²) in [6, 6.07) is 18.9. The Morgan fingerprint density at radius 3 is 2.54 bits per heavy atom. The number of benzene rings is 2. The van der Waals surface area contributed by atoms with Crippen LogP contribution in [-0.4, -0.2) is 27.3 Å². The molecule has 0 aliphatic heterocycles. The van der Waals surface area contributed by atoms with Crippen molar-refractivity contribution < 1.29 is 9.59 Å². The van der Waals surface area contributed by atoms with Gasteiger partial charge in [-0.05, 0) is 43.2 Å². The Balaban J connectivity index is 1.63. The number of primary amides is 1. The van der Waals surface area contributed by atoms with E-state index in [1.165, 1.54) is 11.8 Å². The molecule has 6 nitrogen and oxygen atoms in total. The molecule has 1 aliphatic carbocycles. The first-order chi connectivity index (χ1) is 13.6. The summed E-state index contributed by atoms with van der Waals surface area (Å²) in [7, 11) is 0. The largest absolute Gasteiger partial charge is 0.369 e. The van der Waals surface area contributed by atoms with Crippen LogP contribution < -0.4 is 11.1 Å². The van der Waals surface area contributed by atoms with Gasteiger partial charge in [0, 0.05) is 10.8 Å². The van der Waals surface area contributed by atoms with Crippen LogP contribution in [-0.2, 0) is 4.79 Å². The summed E-state index contributed by atoms with van der Waals surface area (Å²) in [5.74, 6) is -0.0478. The lowest BCUT2D eigenvalue weighted by molar-refractivity contribution is -0.115. The van der Waals surface area contributed by atoms with E-state index < -0.39 is 5.91 Å². The molecule has 0 atom stereocenters. The molecule has 0 spiro atoms. The van der Waals surface area contributed by atoms with Crippen LogP contribution in [0.2, 0.25) is 0 Å². The van der Waals surface area contributed by atoms with E-state index >= 15 is 0 Å². The molecule has 0 bridgehead atoms. The van der Waals surface area contributed by atoms with Gasteiger partial charge >= 0.3 is 0 Å². The minimum Gasteiger partial charge on any atom is -0.369 e. The number of rotatable bonds is 7. The van der Waals surface area contributed by atoms with Gasteiger partial charge in [-0.15, -0.1) is 11.8 Å². The van der Waals surface area contributed by atoms with Crippen molar-refractivity contribution in [2.75, 3.05) is 11.1 Å². The predicted octanol–water partition coefficient (Wildman–Crippen LogP) is 3.58. The number of nitrogens with one attached hydrogen (secondary N) is 1. The van der Waals surface area contributed by atoms with Crippen LogP contribution in [0, 0.1) is 0 Å². The molecular formula is C21H20N4O2S. The molecule has 4 rings (SSSR count). The molecule has 1 aromatic heterocycles. The monoisotopic (exact) mass is 392 g/mol. The highest BCUT2D eigenvalue weighted by Gasteiger charge is 2.29.